The summed E-state index contributed by atoms with van der Waals surface area (Å²) in [4.78, 5) is 18.8. The van der Waals surface area contributed by atoms with Crippen LogP contribution in [0, 0.1) is 0 Å². The fraction of sp³-hybridized carbons (Fsp3) is 0.273. The summed E-state index contributed by atoms with van der Waals surface area (Å²) in [5.74, 6) is 0.413. The number of thioether (sulfide) groups is 2. The summed E-state index contributed by atoms with van der Waals surface area (Å²) >= 11 is 2.95. The topological polar surface area (TPSA) is 32.7 Å². The number of nitrogens with zero attached hydrogens (tertiary/aromatic N) is 2. The first-order valence-corrected chi connectivity index (χ1v) is 11.0. The van der Waals surface area contributed by atoms with Crippen LogP contribution in [0.5, 0.6) is 0 Å². The first kappa shape index (κ1) is 19.8. The third-order valence-corrected chi connectivity index (χ3v) is 6.44. The second-order valence-electron chi connectivity index (χ2n) is 6.84. The van der Waals surface area contributed by atoms with Gasteiger partial charge in [-0.15, -0.1) is 11.8 Å². The van der Waals surface area contributed by atoms with Gasteiger partial charge >= 0.3 is 0 Å². The van der Waals surface area contributed by atoms with Crippen LogP contribution in [0.2, 0.25) is 0 Å². The van der Waals surface area contributed by atoms with Gasteiger partial charge in [0.15, 0.2) is 0 Å². The first-order valence-electron chi connectivity index (χ1n) is 8.93. The van der Waals surface area contributed by atoms with Gasteiger partial charge in [-0.05, 0) is 47.1 Å². The molecular formula is C22H24N2OS2. The van der Waals surface area contributed by atoms with E-state index >= 15 is 0 Å². The van der Waals surface area contributed by atoms with Crippen molar-refractivity contribution in [2.75, 3.05) is 18.2 Å². The predicted molar refractivity (Wildman–Crippen MR) is 121 cm³/mol. The molecule has 0 radical (unpaired) electrons. The summed E-state index contributed by atoms with van der Waals surface area (Å²) in [5, 5.41) is 0. The number of hydrogen-bond donors (Lipinski definition) is 0. The Morgan fingerprint density at radius 3 is 2.33 bits per heavy atom. The molecular weight excluding hydrogens is 372 g/mol. The van der Waals surface area contributed by atoms with Gasteiger partial charge < -0.3 is 4.90 Å². The minimum atomic E-state index is -0.143. The molecule has 0 N–H and O–H groups in total. The number of aliphatic imine (C=N–C) groups is 1. The zero-order valence-corrected chi connectivity index (χ0v) is 17.7. The lowest BCUT2D eigenvalue weighted by Crippen LogP contribution is -2.16. The van der Waals surface area contributed by atoms with Gasteiger partial charge in [0.25, 0.3) is 5.91 Å². The van der Waals surface area contributed by atoms with Crippen LogP contribution in [0.25, 0.3) is 6.08 Å². The fourth-order valence-corrected chi connectivity index (χ4v) is 4.25. The minimum Gasteiger partial charge on any atom is -0.370 e. The number of rotatable bonds is 5. The molecule has 0 aromatic heterocycles. The molecule has 0 bridgehead atoms. The standard InChI is InChI=1S/C22H24N2OS2/c1-15(2)18-9-5-17(6-10-18)14-24(3)19-11-7-16(8-12-19)13-20-21(25)23-22(26-4)27-20/h5-13,15H,14H2,1-4H3. The molecule has 0 spiro atoms. The number of anilines is 1. The molecule has 3 nitrogen and oxygen atoms in total. The second-order valence-corrected chi connectivity index (χ2v) is 8.93. The van der Waals surface area contributed by atoms with Crippen LogP contribution in [-0.2, 0) is 11.3 Å². The molecule has 0 aliphatic carbocycles. The predicted octanol–water partition coefficient (Wildman–Crippen LogP) is 5.78. The van der Waals surface area contributed by atoms with Gasteiger partial charge in [-0.25, -0.2) is 0 Å². The van der Waals surface area contributed by atoms with Crippen LogP contribution in [0.4, 0.5) is 5.69 Å². The summed E-state index contributed by atoms with van der Waals surface area (Å²) < 4.78 is 0.811. The van der Waals surface area contributed by atoms with Gasteiger partial charge in [0.1, 0.15) is 4.38 Å². The smallest absolute Gasteiger partial charge is 0.285 e. The number of hydrogen-bond acceptors (Lipinski definition) is 4. The molecule has 0 fully saturated rings. The van der Waals surface area contributed by atoms with E-state index in [9.17, 15) is 4.79 Å². The van der Waals surface area contributed by atoms with E-state index in [0.717, 1.165) is 22.2 Å². The molecule has 3 rings (SSSR count). The van der Waals surface area contributed by atoms with E-state index in [1.54, 1.807) is 0 Å². The number of benzene rings is 2. The average Bonchev–Trinajstić information content (AvgIpc) is 3.02. The van der Waals surface area contributed by atoms with Gasteiger partial charge in [-0.1, -0.05) is 62.0 Å². The first-order chi connectivity index (χ1) is 13.0. The van der Waals surface area contributed by atoms with Crippen molar-refractivity contribution in [3.63, 3.8) is 0 Å². The highest BCUT2D eigenvalue weighted by Gasteiger charge is 2.20. The Kier molecular flexibility index (Phi) is 6.45. The van der Waals surface area contributed by atoms with Crippen LogP contribution >= 0.6 is 23.5 Å². The van der Waals surface area contributed by atoms with Crippen molar-refractivity contribution in [2.24, 2.45) is 4.99 Å². The monoisotopic (exact) mass is 396 g/mol. The summed E-state index contributed by atoms with van der Waals surface area (Å²) in [6, 6.07) is 17.1. The van der Waals surface area contributed by atoms with Crippen molar-refractivity contribution in [3.05, 3.63) is 70.1 Å². The molecule has 1 amide bonds. The van der Waals surface area contributed by atoms with Gasteiger partial charge in [0, 0.05) is 19.3 Å². The van der Waals surface area contributed by atoms with E-state index in [2.05, 4.69) is 67.2 Å². The Labute approximate surface area is 170 Å². The van der Waals surface area contributed by atoms with Gasteiger partial charge in [-0.3, -0.25) is 4.79 Å². The quantitative estimate of drug-likeness (QED) is 0.600. The Balaban J connectivity index is 1.65. The highest BCUT2D eigenvalue weighted by molar-refractivity contribution is 8.40. The van der Waals surface area contributed by atoms with Crippen LogP contribution in [0.3, 0.4) is 0 Å². The van der Waals surface area contributed by atoms with E-state index in [0.29, 0.717) is 10.8 Å². The molecule has 1 aliphatic rings. The Bertz CT molecular complexity index is 868. The molecule has 0 saturated carbocycles. The normalized spacial score (nSPS) is 15.5. The second kappa shape index (κ2) is 8.81. The van der Waals surface area contributed by atoms with Crippen LogP contribution < -0.4 is 4.90 Å². The fourth-order valence-electron chi connectivity index (χ4n) is 2.83. The van der Waals surface area contributed by atoms with E-state index < -0.39 is 0 Å². The zero-order chi connectivity index (χ0) is 19.4. The van der Waals surface area contributed by atoms with Crippen LogP contribution in [0.1, 0.15) is 36.5 Å². The molecule has 2 aromatic carbocycles. The van der Waals surface area contributed by atoms with Crippen LogP contribution in [-0.4, -0.2) is 23.6 Å². The van der Waals surface area contributed by atoms with E-state index in [4.69, 9.17) is 0 Å². The third-order valence-electron chi connectivity index (χ3n) is 4.47. The lowest BCUT2D eigenvalue weighted by molar-refractivity contribution is -0.113. The summed E-state index contributed by atoms with van der Waals surface area (Å²) in [6.45, 7) is 5.28. The maximum atomic E-state index is 11.9. The van der Waals surface area contributed by atoms with E-state index in [1.807, 2.05) is 24.5 Å². The molecule has 1 heterocycles. The maximum Gasteiger partial charge on any atom is 0.285 e. The molecule has 0 saturated heterocycles. The van der Waals surface area contributed by atoms with Gasteiger partial charge in [-0.2, -0.15) is 4.99 Å². The van der Waals surface area contributed by atoms with E-state index in [1.165, 1.54) is 34.7 Å². The molecule has 5 heteroatoms. The third kappa shape index (κ3) is 5.05. The van der Waals surface area contributed by atoms with Crippen molar-refractivity contribution in [1.29, 1.82) is 0 Å². The van der Waals surface area contributed by atoms with E-state index in [-0.39, 0.29) is 5.91 Å². The highest BCUT2D eigenvalue weighted by Crippen LogP contribution is 2.32. The molecule has 2 aromatic rings. The van der Waals surface area contributed by atoms with Gasteiger partial charge in [0.05, 0.1) is 4.91 Å². The Morgan fingerprint density at radius 1 is 1.11 bits per heavy atom. The largest absolute Gasteiger partial charge is 0.370 e. The van der Waals surface area contributed by atoms with Crippen molar-refractivity contribution in [1.82, 2.24) is 0 Å². The van der Waals surface area contributed by atoms with Crippen molar-refractivity contribution in [3.8, 4) is 0 Å². The van der Waals surface area contributed by atoms with Crippen molar-refractivity contribution >= 4 is 45.6 Å². The lowest BCUT2D eigenvalue weighted by atomic mass is 10.0. The Morgan fingerprint density at radius 2 is 1.78 bits per heavy atom. The molecule has 27 heavy (non-hydrogen) atoms. The maximum absolute atomic E-state index is 11.9. The van der Waals surface area contributed by atoms with Crippen molar-refractivity contribution in [2.45, 2.75) is 26.3 Å². The number of carbonyl (C=O) groups is 1. The summed E-state index contributed by atoms with van der Waals surface area (Å²) in [7, 11) is 2.10. The Hall–Kier alpha value is -1.98. The van der Waals surface area contributed by atoms with Crippen LogP contribution in [0.15, 0.2) is 58.4 Å². The molecule has 0 atom stereocenters. The summed E-state index contributed by atoms with van der Waals surface area (Å²) in [6.07, 6.45) is 3.84. The number of carbonyl (C=O) groups excluding carboxylic acids is 1. The van der Waals surface area contributed by atoms with Crippen molar-refractivity contribution < 1.29 is 4.79 Å². The SMILES string of the molecule is CSC1=NC(=O)C(=Cc2ccc(N(C)Cc3ccc(C(C)C)cc3)cc2)S1. The summed E-state index contributed by atoms with van der Waals surface area (Å²) in [5.41, 5.74) is 4.83. The van der Waals surface area contributed by atoms with Gasteiger partial charge in [0.2, 0.25) is 0 Å². The molecule has 140 valence electrons. The average molecular weight is 397 g/mol. The zero-order valence-electron chi connectivity index (χ0n) is 16.1. The number of amides is 1. The molecule has 1 aliphatic heterocycles. The lowest BCUT2D eigenvalue weighted by Gasteiger charge is -2.20. The minimum absolute atomic E-state index is 0.143. The highest BCUT2D eigenvalue weighted by atomic mass is 32.2. The molecule has 0 unspecified atom stereocenters.